The molecule has 1 aliphatic heterocycles. The van der Waals surface area contributed by atoms with E-state index < -0.39 is 0 Å². The zero-order valence-electron chi connectivity index (χ0n) is 11.6. The van der Waals surface area contributed by atoms with Crippen molar-refractivity contribution >= 4 is 6.21 Å². The van der Waals surface area contributed by atoms with Gasteiger partial charge in [0.05, 0.1) is 17.8 Å². The number of benzene rings is 1. The second-order valence-electron chi connectivity index (χ2n) is 4.79. The van der Waals surface area contributed by atoms with Crippen LogP contribution < -0.4 is 9.47 Å². The van der Waals surface area contributed by atoms with E-state index in [4.69, 9.17) is 9.47 Å². The summed E-state index contributed by atoms with van der Waals surface area (Å²) in [7, 11) is 1.88. The molecule has 0 amide bonds. The number of hydrogen-bond acceptors (Lipinski definition) is 4. The van der Waals surface area contributed by atoms with Gasteiger partial charge in [-0.1, -0.05) is 18.2 Å². The van der Waals surface area contributed by atoms with Crippen molar-refractivity contribution in [3.63, 3.8) is 0 Å². The van der Waals surface area contributed by atoms with Gasteiger partial charge in [0.25, 0.3) is 0 Å². The van der Waals surface area contributed by atoms with Crippen molar-refractivity contribution in [2.45, 2.75) is 13.0 Å². The lowest BCUT2D eigenvalue weighted by Gasteiger charge is -2.17. The van der Waals surface area contributed by atoms with Crippen LogP contribution in [-0.4, -0.2) is 35.3 Å². The number of para-hydroxylation sites is 1. The van der Waals surface area contributed by atoms with Crippen LogP contribution in [0.1, 0.15) is 11.3 Å². The molecule has 0 bridgehead atoms. The number of hydrogen-bond donors (Lipinski definition) is 0. The number of nitrogens with zero attached hydrogens (tertiary/aromatic N) is 3. The number of fused-ring (bicyclic) bond motifs is 1. The van der Waals surface area contributed by atoms with Crippen LogP contribution in [0.25, 0.3) is 0 Å². The largest absolute Gasteiger partial charge is 0.490 e. The van der Waals surface area contributed by atoms with Crippen molar-refractivity contribution in [3.8, 4) is 11.6 Å². The molecule has 0 spiro atoms. The Hall–Kier alpha value is -2.30. The fourth-order valence-electron chi connectivity index (χ4n) is 2.19. The van der Waals surface area contributed by atoms with Gasteiger partial charge in [0.15, 0.2) is 6.10 Å². The fourth-order valence-corrected chi connectivity index (χ4v) is 2.19. The van der Waals surface area contributed by atoms with Crippen LogP contribution in [0.4, 0.5) is 0 Å². The monoisotopic (exact) mass is 271 g/mol. The van der Waals surface area contributed by atoms with E-state index in [1.807, 2.05) is 50.5 Å². The summed E-state index contributed by atoms with van der Waals surface area (Å²) in [5, 5.41) is 4.35. The Morgan fingerprint density at radius 3 is 2.95 bits per heavy atom. The minimum atomic E-state index is -0.109. The summed E-state index contributed by atoms with van der Waals surface area (Å²) in [6, 6.07) is 9.72. The Balaban J connectivity index is 1.71. The third-order valence-corrected chi connectivity index (χ3v) is 3.20. The van der Waals surface area contributed by atoms with Gasteiger partial charge >= 0.3 is 0 Å². The molecule has 1 aliphatic rings. The Kier molecular flexibility index (Phi) is 3.41. The van der Waals surface area contributed by atoms with Gasteiger partial charge in [0.2, 0.25) is 5.88 Å². The van der Waals surface area contributed by atoms with Crippen molar-refractivity contribution in [2.24, 2.45) is 12.0 Å². The SMILES string of the molecule is Cc1nn(C)c2c1C=NCC(COc1ccccc1)O2. The van der Waals surface area contributed by atoms with Crippen molar-refractivity contribution < 1.29 is 9.47 Å². The lowest BCUT2D eigenvalue weighted by Crippen LogP contribution is -2.28. The Labute approximate surface area is 117 Å². The summed E-state index contributed by atoms with van der Waals surface area (Å²) in [5.74, 6) is 1.59. The highest BCUT2D eigenvalue weighted by Gasteiger charge is 2.21. The Morgan fingerprint density at radius 1 is 1.35 bits per heavy atom. The predicted molar refractivity (Wildman–Crippen MR) is 76.8 cm³/mol. The van der Waals surface area contributed by atoms with Crippen LogP contribution in [0, 0.1) is 6.92 Å². The van der Waals surface area contributed by atoms with E-state index >= 15 is 0 Å². The molecule has 2 heterocycles. The van der Waals surface area contributed by atoms with Crippen LogP contribution in [0.2, 0.25) is 0 Å². The molecular formula is C15H17N3O2. The molecule has 0 N–H and O–H groups in total. The summed E-state index contributed by atoms with van der Waals surface area (Å²) in [6.45, 7) is 3.00. The third-order valence-electron chi connectivity index (χ3n) is 3.20. The molecular weight excluding hydrogens is 254 g/mol. The number of aromatic nitrogens is 2. The second-order valence-corrected chi connectivity index (χ2v) is 4.79. The Bertz CT molecular complexity index is 620. The number of aliphatic imine (C=N–C) groups is 1. The van der Waals surface area contributed by atoms with E-state index in [1.54, 1.807) is 4.68 Å². The molecule has 2 aromatic rings. The summed E-state index contributed by atoms with van der Waals surface area (Å²) in [4.78, 5) is 4.40. The first-order valence-corrected chi connectivity index (χ1v) is 6.62. The highest BCUT2D eigenvalue weighted by atomic mass is 16.5. The van der Waals surface area contributed by atoms with Gasteiger partial charge in [-0.15, -0.1) is 0 Å². The van der Waals surface area contributed by atoms with E-state index in [0.717, 1.165) is 22.9 Å². The Morgan fingerprint density at radius 2 is 2.15 bits per heavy atom. The maximum Gasteiger partial charge on any atom is 0.221 e. The van der Waals surface area contributed by atoms with Crippen molar-refractivity contribution in [3.05, 3.63) is 41.6 Å². The lowest BCUT2D eigenvalue weighted by atomic mass is 10.3. The standard InChI is InChI=1S/C15H17N3O2/c1-11-14-9-16-8-13(20-15(14)18(2)17-11)10-19-12-6-4-3-5-7-12/h3-7,9,13H,8,10H2,1-2H3. The van der Waals surface area contributed by atoms with Gasteiger partial charge in [0, 0.05) is 13.3 Å². The van der Waals surface area contributed by atoms with E-state index in [1.165, 1.54) is 0 Å². The first kappa shape index (κ1) is 12.7. The van der Waals surface area contributed by atoms with Crippen LogP contribution in [0.15, 0.2) is 35.3 Å². The van der Waals surface area contributed by atoms with Crippen LogP contribution >= 0.6 is 0 Å². The maximum atomic E-state index is 5.98. The van der Waals surface area contributed by atoms with Crippen molar-refractivity contribution in [2.75, 3.05) is 13.2 Å². The van der Waals surface area contributed by atoms with E-state index in [9.17, 15) is 0 Å². The first-order chi connectivity index (χ1) is 9.74. The summed E-state index contributed by atoms with van der Waals surface area (Å²) in [6.07, 6.45) is 1.72. The topological polar surface area (TPSA) is 48.6 Å². The molecule has 1 aromatic carbocycles. The number of aryl methyl sites for hydroxylation is 2. The predicted octanol–water partition coefficient (Wildman–Crippen LogP) is 1.99. The van der Waals surface area contributed by atoms with Gasteiger partial charge in [0.1, 0.15) is 12.4 Å². The molecule has 0 radical (unpaired) electrons. The van der Waals surface area contributed by atoms with Crippen LogP contribution in [0.5, 0.6) is 11.6 Å². The van der Waals surface area contributed by atoms with Gasteiger partial charge in [-0.2, -0.15) is 5.10 Å². The van der Waals surface area contributed by atoms with Crippen LogP contribution in [-0.2, 0) is 7.05 Å². The number of ether oxygens (including phenoxy) is 2. The summed E-state index contributed by atoms with van der Waals surface area (Å²) in [5.41, 5.74) is 1.88. The third kappa shape index (κ3) is 2.52. The van der Waals surface area contributed by atoms with E-state index in [0.29, 0.717) is 13.2 Å². The molecule has 1 unspecified atom stereocenters. The van der Waals surface area contributed by atoms with Gasteiger partial charge in [-0.05, 0) is 19.1 Å². The number of rotatable bonds is 3. The van der Waals surface area contributed by atoms with Crippen molar-refractivity contribution in [1.29, 1.82) is 0 Å². The highest BCUT2D eigenvalue weighted by molar-refractivity contribution is 5.84. The van der Waals surface area contributed by atoms with Gasteiger partial charge in [-0.25, -0.2) is 4.68 Å². The average Bonchev–Trinajstić information content (AvgIpc) is 2.66. The summed E-state index contributed by atoms with van der Waals surface area (Å²) < 4.78 is 13.5. The second kappa shape index (κ2) is 5.36. The lowest BCUT2D eigenvalue weighted by molar-refractivity contribution is 0.126. The molecule has 3 rings (SSSR count). The maximum absolute atomic E-state index is 5.98. The molecule has 0 saturated heterocycles. The van der Waals surface area contributed by atoms with Gasteiger partial charge < -0.3 is 9.47 Å². The molecule has 0 aliphatic carbocycles. The molecule has 0 fully saturated rings. The smallest absolute Gasteiger partial charge is 0.221 e. The molecule has 5 heteroatoms. The van der Waals surface area contributed by atoms with E-state index in [-0.39, 0.29) is 6.10 Å². The first-order valence-electron chi connectivity index (χ1n) is 6.62. The minimum absolute atomic E-state index is 0.109. The molecule has 1 aromatic heterocycles. The van der Waals surface area contributed by atoms with Gasteiger partial charge in [-0.3, -0.25) is 4.99 Å². The highest BCUT2D eigenvalue weighted by Crippen LogP contribution is 2.23. The molecule has 0 saturated carbocycles. The zero-order valence-corrected chi connectivity index (χ0v) is 11.6. The normalized spacial score (nSPS) is 17.2. The molecule has 1 atom stereocenters. The quantitative estimate of drug-likeness (QED) is 0.857. The zero-order chi connectivity index (χ0) is 13.9. The average molecular weight is 271 g/mol. The molecule has 20 heavy (non-hydrogen) atoms. The molecule has 5 nitrogen and oxygen atoms in total. The summed E-state index contributed by atoms with van der Waals surface area (Å²) >= 11 is 0. The fraction of sp³-hybridized carbons (Fsp3) is 0.333. The van der Waals surface area contributed by atoms with E-state index in [2.05, 4.69) is 10.1 Å². The van der Waals surface area contributed by atoms with Crippen molar-refractivity contribution in [1.82, 2.24) is 9.78 Å². The van der Waals surface area contributed by atoms with Crippen LogP contribution in [0.3, 0.4) is 0 Å². The minimum Gasteiger partial charge on any atom is -0.490 e. The molecule has 104 valence electrons.